The highest BCUT2D eigenvalue weighted by atomic mass is 19.1. The fourth-order valence-corrected chi connectivity index (χ4v) is 7.25. The summed E-state index contributed by atoms with van der Waals surface area (Å²) in [5, 5.41) is 13.0. The lowest BCUT2D eigenvalue weighted by molar-refractivity contribution is -0.127. The fourth-order valence-electron chi connectivity index (χ4n) is 7.25. The number of hydrogen-bond acceptors (Lipinski definition) is 4. The number of Topliss-reactive ketones (excluding diaryl/α,β-unsaturated/α-hetero) is 1. The van der Waals surface area contributed by atoms with E-state index in [1.54, 1.807) is 6.07 Å². The van der Waals surface area contributed by atoms with Crippen LogP contribution < -0.4 is 5.32 Å². The molecule has 1 aliphatic heterocycles. The summed E-state index contributed by atoms with van der Waals surface area (Å²) in [5.41, 5.74) is 1.87. The highest BCUT2D eigenvalue weighted by Crippen LogP contribution is 2.63. The van der Waals surface area contributed by atoms with Gasteiger partial charge in [-0.05, 0) is 79.4 Å². The molecule has 4 aliphatic rings. The number of halogens is 1. The highest BCUT2D eigenvalue weighted by Gasteiger charge is 2.60. The van der Waals surface area contributed by atoms with Crippen molar-refractivity contribution in [3.05, 3.63) is 47.0 Å². The molecule has 0 bridgehead atoms. The maximum Gasteiger partial charge on any atom is 0.220 e. The maximum absolute atomic E-state index is 14.5. The van der Waals surface area contributed by atoms with Crippen molar-refractivity contribution in [2.75, 3.05) is 13.2 Å². The summed E-state index contributed by atoms with van der Waals surface area (Å²) in [6.45, 7) is 3.26. The molecule has 1 heterocycles. The van der Waals surface area contributed by atoms with Crippen LogP contribution in [0.4, 0.5) is 4.39 Å². The fraction of sp³-hybridized carbons (Fsp3) is 0.615. The van der Waals surface area contributed by atoms with Gasteiger partial charge in [0, 0.05) is 24.0 Å². The third-order valence-corrected chi connectivity index (χ3v) is 8.70. The zero-order valence-corrected chi connectivity index (χ0v) is 18.6. The Balaban J connectivity index is 1.40. The number of aliphatic hydroxyl groups excluding tert-OH is 1. The molecule has 1 saturated heterocycles. The summed E-state index contributed by atoms with van der Waals surface area (Å²) in [4.78, 5) is 26.0. The van der Waals surface area contributed by atoms with Crippen molar-refractivity contribution < 1.29 is 23.8 Å². The average Bonchev–Trinajstić information content (AvgIpc) is 3.36. The number of carbonyl (C=O) groups excluding carboxylic acids is 2. The average molecular weight is 442 g/mol. The Hall–Kier alpha value is -2.21. The Morgan fingerprint density at radius 3 is 2.94 bits per heavy atom. The number of hydrogen-bond donors (Lipinski definition) is 2. The molecule has 2 saturated carbocycles. The van der Waals surface area contributed by atoms with E-state index in [1.165, 1.54) is 6.07 Å². The van der Waals surface area contributed by atoms with Crippen LogP contribution >= 0.6 is 0 Å². The van der Waals surface area contributed by atoms with Crippen LogP contribution in [0.5, 0.6) is 0 Å². The van der Waals surface area contributed by atoms with E-state index in [4.69, 9.17) is 4.74 Å². The van der Waals surface area contributed by atoms with Crippen molar-refractivity contribution in [3.63, 3.8) is 0 Å². The third-order valence-electron chi connectivity index (χ3n) is 8.70. The van der Waals surface area contributed by atoms with Gasteiger partial charge < -0.3 is 15.2 Å². The Morgan fingerprint density at radius 1 is 1.34 bits per heavy atom. The number of ketones is 1. The first-order valence-electron chi connectivity index (χ1n) is 12.0. The van der Waals surface area contributed by atoms with Gasteiger partial charge in [0.25, 0.3) is 0 Å². The lowest BCUT2D eigenvalue weighted by atomic mass is 9.54. The van der Waals surface area contributed by atoms with Crippen molar-refractivity contribution in [1.29, 1.82) is 0 Å². The first-order chi connectivity index (χ1) is 15.4. The van der Waals surface area contributed by atoms with Gasteiger partial charge in [-0.3, -0.25) is 9.59 Å². The molecule has 4 unspecified atom stereocenters. The van der Waals surface area contributed by atoms with Crippen molar-refractivity contribution in [2.45, 2.75) is 63.8 Å². The standard InChI is InChI=1S/C26H32FNO4/c1-26-11-9-17-16-3-2-4-22(27)18(16)5-6-19(17)24(26)20(21(13-29)25(26)31)7-8-23(30)28-15-10-12-32-14-15/h2-4,13,15,17,19-20,24,29H,5-12,14H2,1H3,(H,28,30)/b21-13-/t15?,17?,19?,20-,24?,26+/m1/s1. The van der Waals surface area contributed by atoms with E-state index < -0.39 is 5.41 Å². The Morgan fingerprint density at radius 2 is 2.19 bits per heavy atom. The molecule has 2 N–H and O–H groups in total. The second-order valence-corrected chi connectivity index (χ2v) is 10.3. The topological polar surface area (TPSA) is 75.6 Å². The van der Waals surface area contributed by atoms with Gasteiger partial charge in [0.15, 0.2) is 5.78 Å². The molecular weight excluding hydrogens is 409 g/mol. The zero-order chi connectivity index (χ0) is 22.5. The number of nitrogens with one attached hydrogen (secondary N) is 1. The minimum absolute atomic E-state index is 0.0257. The van der Waals surface area contributed by atoms with E-state index in [2.05, 4.69) is 5.32 Å². The van der Waals surface area contributed by atoms with E-state index in [-0.39, 0.29) is 47.2 Å². The third kappa shape index (κ3) is 3.38. The first-order valence-corrected chi connectivity index (χ1v) is 12.0. The van der Waals surface area contributed by atoms with Crippen LogP contribution in [-0.2, 0) is 20.7 Å². The number of amides is 1. The lowest BCUT2D eigenvalue weighted by Gasteiger charge is -2.49. The normalized spacial score (nSPS) is 37.1. The molecule has 0 radical (unpaired) electrons. The number of benzene rings is 1. The van der Waals surface area contributed by atoms with Crippen LogP contribution in [0.3, 0.4) is 0 Å². The SMILES string of the molecule is C[C@]12CCC3c4cccc(F)c4CCC3C1[C@H](CCC(=O)NC1CCOC1)/C(=C/O)C2=O. The molecule has 1 aromatic carbocycles. The van der Waals surface area contributed by atoms with Gasteiger partial charge in [0.1, 0.15) is 5.82 Å². The summed E-state index contributed by atoms with van der Waals surface area (Å²) in [6, 6.07) is 5.44. The predicted octanol–water partition coefficient (Wildman–Crippen LogP) is 4.21. The molecule has 3 aliphatic carbocycles. The summed E-state index contributed by atoms with van der Waals surface area (Å²) in [5.74, 6) is 0.269. The molecule has 0 aromatic heterocycles. The second kappa shape index (κ2) is 8.29. The minimum atomic E-state index is -0.527. The summed E-state index contributed by atoms with van der Waals surface area (Å²) in [6.07, 6.45) is 5.78. The van der Waals surface area contributed by atoms with Gasteiger partial charge in [-0.15, -0.1) is 0 Å². The van der Waals surface area contributed by atoms with Crippen LogP contribution in [0.1, 0.15) is 62.5 Å². The van der Waals surface area contributed by atoms with E-state index >= 15 is 0 Å². The molecule has 6 atom stereocenters. The van der Waals surface area contributed by atoms with Crippen molar-refractivity contribution >= 4 is 11.7 Å². The molecule has 6 heteroatoms. The highest BCUT2D eigenvalue weighted by molar-refractivity contribution is 6.03. The molecule has 5 nitrogen and oxygen atoms in total. The number of ether oxygens (including phenoxy) is 1. The van der Waals surface area contributed by atoms with Gasteiger partial charge >= 0.3 is 0 Å². The van der Waals surface area contributed by atoms with Crippen LogP contribution in [0.2, 0.25) is 0 Å². The van der Waals surface area contributed by atoms with Crippen molar-refractivity contribution in [2.24, 2.45) is 23.2 Å². The minimum Gasteiger partial charge on any atom is -0.515 e. The monoisotopic (exact) mass is 441 g/mol. The van der Waals surface area contributed by atoms with E-state index in [9.17, 15) is 19.1 Å². The lowest BCUT2D eigenvalue weighted by Crippen LogP contribution is -2.44. The Labute approximate surface area is 188 Å². The van der Waals surface area contributed by atoms with Gasteiger partial charge in [-0.2, -0.15) is 0 Å². The summed E-state index contributed by atoms with van der Waals surface area (Å²) in [7, 11) is 0. The molecule has 0 spiro atoms. The first kappa shape index (κ1) is 21.6. The van der Waals surface area contributed by atoms with E-state index in [0.717, 1.165) is 43.1 Å². The molecule has 32 heavy (non-hydrogen) atoms. The van der Waals surface area contributed by atoms with Crippen LogP contribution in [0.25, 0.3) is 0 Å². The maximum atomic E-state index is 14.5. The number of fused-ring (bicyclic) bond motifs is 5. The number of rotatable bonds is 4. The van der Waals surface area contributed by atoms with Crippen LogP contribution in [0.15, 0.2) is 30.0 Å². The second-order valence-electron chi connectivity index (χ2n) is 10.3. The summed E-state index contributed by atoms with van der Waals surface area (Å²) < 4.78 is 19.8. The van der Waals surface area contributed by atoms with E-state index in [1.807, 2.05) is 13.0 Å². The molecule has 1 aromatic rings. The van der Waals surface area contributed by atoms with Crippen molar-refractivity contribution in [1.82, 2.24) is 5.32 Å². The van der Waals surface area contributed by atoms with Gasteiger partial charge in [0.05, 0.1) is 18.9 Å². The molecular formula is C26H32FNO4. The van der Waals surface area contributed by atoms with E-state index in [0.29, 0.717) is 38.0 Å². The van der Waals surface area contributed by atoms with Gasteiger partial charge in [0.2, 0.25) is 5.91 Å². The molecule has 172 valence electrons. The van der Waals surface area contributed by atoms with Crippen molar-refractivity contribution in [3.8, 4) is 0 Å². The number of carbonyl (C=O) groups is 2. The Bertz CT molecular complexity index is 953. The van der Waals surface area contributed by atoms with Crippen LogP contribution in [0, 0.1) is 29.0 Å². The predicted molar refractivity (Wildman–Crippen MR) is 118 cm³/mol. The number of allylic oxidation sites excluding steroid dienone is 1. The molecule has 5 rings (SSSR count). The van der Waals surface area contributed by atoms with Gasteiger partial charge in [-0.25, -0.2) is 4.39 Å². The number of aliphatic hydroxyl groups is 1. The Kier molecular flexibility index (Phi) is 5.60. The molecule has 3 fully saturated rings. The zero-order valence-electron chi connectivity index (χ0n) is 18.6. The summed E-state index contributed by atoms with van der Waals surface area (Å²) >= 11 is 0. The molecule has 1 amide bonds. The quantitative estimate of drug-likeness (QED) is 0.542. The largest absolute Gasteiger partial charge is 0.515 e. The smallest absolute Gasteiger partial charge is 0.220 e. The van der Waals surface area contributed by atoms with Crippen LogP contribution in [-0.4, -0.2) is 36.1 Å². The van der Waals surface area contributed by atoms with Gasteiger partial charge in [-0.1, -0.05) is 19.1 Å².